The summed E-state index contributed by atoms with van der Waals surface area (Å²) in [5.41, 5.74) is 5.46. The molecule has 2 N–H and O–H groups in total. The molecule has 0 aromatic heterocycles. The topological polar surface area (TPSA) is 55.6 Å². The van der Waals surface area contributed by atoms with Crippen LogP contribution in [0.2, 0.25) is 0 Å². The Balaban J connectivity index is 2.48. The first kappa shape index (κ1) is 8.49. The van der Waals surface area contributed by atoms with Crippen LogP contribution in [-0.2, 0) is 9.53 Å². The quantitative estimate of drug-likeness (QED) is 0.535. The van der Waals surface area contributed by atoms with Crippen molar-refractivity contribution in [2.45, 2.75) is 0 Å². The Morgan fingerprint density at radius 3 is 3.18 bits per heavy atom. The van der Waals surface area contributed by atoms with E-state index >= 15 is 0 Å². The van der Waals surface area contributed by atoms with Gasteiger partial charge in [0, 0.05) is 19.5 Å². The zero-order valence-corrected chi connectivity index (χ0v) is 6.75. The summed E-state index contributed by atoms with van der Waals surface area (Å²) in [7, 11) is 1.78. The highest BCUT2D eigenvalue weighted by molar-refractivity contribution is 5.77. The number of hydrogen-bond acceptors (Lipinski definition) is 3. The lowest BCUT2D eigenvalue weighted by molar-refractivity contribution is -0.132. The number of hydrogen-bond donors (Lipinski definition) is 1. The van der Waals surface area contributed by atoms with Crippen LogP contribution in [0.4, 0.5) is 0 Å². The van der Waals surface area contributed by atoms with Crippen molar-refractivity contribution in [2.24, 2.45) is 11.7 Å². The minimum Gasteiger partial charge on any atom is -0.371 e. The summed E-state index contributed by atoms with van der Waals surface area (Å²) in [5, 5.41) is 0. The lowest BCUT2D eigenvalue weighted by Crippen LogP contribution is -2.33. The molecular weight excluding hydrogens is 144 g/mol. The maximum Gasteiger partial charge on any atom is 0.248 e. The van der Waals surface area contributed by atoms with Crippen molar-refractivity contribution in [1.82, 2.24) is 4.90 Å². The molecule has 4 heteroatoms. The summed E-state index contributed by atoms with van der Waals surface area (Å²) in [6.07, 6.45) is 0. The fourth-order valence-electron chi connectivity index (χ4n) is 1.11. The summed E-state index contributed by atoms with van der Waals surface area (Å²) >= 11 is 0. The van der Waals surface area contributed by atoms with E-state index in [2.05, 4.69) is 0 Å². The van der Waals surface area contributed by atoms with Crippen molar-refractivity contribution in [2.75, 3.05) is 33.4 Å². The van der Waals surface area contributed by atoms with Gasteiger partial charge in [0.2, 0.25) is 5.91 Å². The first-order chi connectivity index (χ1) is 5.24. The Morgan fingerprint density at radius 2 is 2.55 bits per heavy atom. The standard InChI is InChI=1S/C7H14N2O2/c1-9-3-6(2-8)4-11-5-7(9)10/h6H,2-5,8H2,1H3/t6-/m0/s1. The largest absolute Gasteiger partial charge is 0.371 e. The highest BCUT2D eigenvalue weighted by Gasteiger charge is 2.19. The normalized spacial score (nSPS) is 26.9. The van der Waals surface area contributed by atoms with E-state index in [1.807, 2.05) is 0 Å². The fourth-order valence-corrected chi connectivity index (χ4v) is 1.11. The SMILES string of the molecule is CN1C[C@H](CN)COCC1=O. The van der Waals surface area contributed by atoms with Crippen LogP contribution < -0.4 is 5.73 Å². The molecule has 11 heavy (non-hydrogen) atoms. The number of amides is 1. The van der Waals surface area contributed by atoms with Gasteiger partial charge < -0.3 is 15.4 Å². The van der Waals surface area contributed by atoms with Crippen LogP contribution in [0, 0.1) is 5.92 Å². The molecule has 0 radical (unpaired) electrons. The van der Waals surface area contributed by atoms with Crippen LogP contribution >= 0.6 is 0 Å². The van der Waals surface area contributed by atoms with Crippen molar-refractivity contribution in [3.8, 4) is 0 Å². The van der Waals surface area contributed by atoms with Crippen molar-refractivity contribution >= 4 is 5.91 Å². The van der Waals surface area contributed by atoms with E-state index < -0.39 is 0 Å². The van der Waals surface area contributed by atoms with Gasteiger partial charge in [0.05, 0.1) is 6.61 Å². The summed E-state index contributed by atoms with van der Waals surface area (Å²) in [4.78, 5) is 12.7. The van der Waals surface area contributed by atoms with Crippen LogP contribution in [0.3, 0.4) is 0 Å². The second-order valence-corrected chi connectivity index (χ2v) is 2.89. The molecule has 0 saturated carbocycles. The Hall–Kier alpha value is -0.610. The Labute approximate surface area is 66.3 Å². The Bertz CT molecular complexity index is 149. The van der Waals surface area contributed by atoms with Gasteiger partial charge >= 0.3 is 0 Å². The van der Waals surface area contributed by atoms with Crippen molar-refractivity contribution in [3.05, 3.63) is 0 Å². The van der Waals surface area contributed by atoms with Gasteiger partial charge in [-0.05, 0) is 6.54 Å². The number of ether oxygens (including phenoxy) is 1. The summed E-state index contributed by atoms with van der Waals surface area (Å²) < 4.78 is 5.11. The van der Waals surface area contributed by atoms with Crippen LogP contribution in [0.25, 0.3) is 0 Å². The van der Waals surface area contributed by atoms with Gasteiger partial charge in [-0.2, -0.15) is 0 Å². The van der Waals surface area contributed by atoms with E-state index in [4.69, 9.17) is 10.5 Å². The second kappa shape index (κ2) is 3.69. The summed E-state index contributed by atoms with van der Waals surface area (Å²) in [5.74, 6) is 0.340. The summed E-state index contributed by atoms with van der Waals surface area (Å²) in [6, 6.07) is 0. The third kappa shape index (κ3) is 2.17. The predicted molar refractivity (Wildman–Crippen MR) is 41.0 cm³/mol. The third-order valence-corrected chi connectivity index (χ3v) is 1.87. The molecule has 1 saturated heterocycles. The molecule has 1 aliphatic heterocycles. The van der Waals surface area contributed by atoms with Crippen LogP contribution in [0.5, 0.6) is 0 Å². The summed E-state index contributed by atoms with van der Waals surface area (Å²) in [6.45, 7) is 2.10. The van der Waals surface area contributed by atoms with Gasteiger partial charge in [0.25, 0.3) is 0 Å². The van der Waals surface area contributed by atoms with Gasteiger partial charge in [-0.15, -0.1) is 0 Å². The van der Waals surface area contributed by atoms with Crippen molar-refractivity contribution < 1.29 is 9.53 Å². The van der Waals surface area contributed by atoms with Crippen molar-refractivity contribution in [3.63, 3.8) is 0 Å². The van der Waals surface area contributed by atoms with Gasteiger partial charge in [0.15, 0.2) is 0 Å². The molecular formula is C7H14N2O2. The van der Waals surface area contributed by atoms with E-state index in [-0.39, 0.29) is 12.5 Å². The number of carbonyl (C=O) groups is 1. The van der Waals surface area contributed by atoms with Gasteiger partial charge in [0.1, 0.15) is 6.61 Å². The molecule has 1 atom stereocenters. The van der Waals surface area contributed by atoms with Crippen LogP contribution in [0.1, 0.15) is 0 Å². The molecule has 0 spiro atoms. The highest BCUT2D eigenvalue weighted by Crippen LogP contribution is 2.03. The van der Waals surface area contributed by atoms with Crippen LogP contribution in [-0.4, -0.2) is 44.2 Å². The lowest BCUT2D eigenvalue weighted by Gasteiger charge is -2.17. The monoisotopic (exact) mass is 158 g/mol. The molecule has 0 aromatic rings. The van der Waals surface area contributed by atoms with Gasteiger partial charge in [-0.3, -0.25) is 4.79 Å². The molecule has 1 fully saturated rings. The minimum absolute atomic E-state index is 0.0425. The predicted octanol–water partition coefficient (Wildman–Crippen LogP) is -0.950. The zero-order chi connectivity index (χ0) is 8.27. The molecule has 1 heterocycles. The molecule has 0 aliphatic carbocycles. The smallest absolute Gasteiger partial charge is 0.248 e. The molecule has 0 unspecified atom stereocenters. The maximum atomic E-state index is 11.0. The zero-order valence-electron chi connectivity index (χ0n) is 6.75. The number of nitrogens with zero attached hydrogens (tertiary/aromatic N) is 1. The molecule has 1 aliphatic rings. The highest BCUT2D eigenvalue weighted by atomic mass is 16.5. The van der Waals surface area contributed by atoms with Crippen molar-refractivity contribution in [1.29, 1.82) is 0 Å². The molecule has 1 rings (SSSR count). The molecule has 0 bridgehead atoms. The minimum atomic E-state index is 0.0425. The van der Waals surface area contributed by atoms with E-state index in [9.17, 15) is 4.79 Å². The van der Waals surface area contributed by atoms with E-state index in [0.717, 1.165) is 6.54 Å². The Morgan fingerprint density at radius 1 is 1.82 bits per heavy atom. The van der Waals surface area contributed by atoms with Gasteiger partial charge in [-0.25, -0.2) is 0 Å². The molecule has 64 valence electrons. The first-order valence-electron chi connectivity index (χ1n) is 3.76. The average Bonchev–Trinajstić information content (AvgIpc) is 2.15. The van der Waals surface area contributed by atoms with Gasteiger partial charge in [-0.1, -0.05) is 0 Å². The fraction of sp³-hybridized carbons (Fsp3) is 0.857. The molecule has 1 amide bonds. The second-order valence-electron chi connectivity index (χ2n) is 2.89. The number of carbonyl (C=O) groups excluding carboxylic acids is 1. The van der Waals surface area contributed by atoms with E-state index in [0.29, 0.717) is 19.1 Å². The number of likely N-dealkylation sites (N-methyl/N-ethyl adjacent to an activating group) is 1. The van der Waals surface area contributed by atoms with E-state index in [1.165, 1.54) is 0 Å². The first-order valence-corrected chi connectivity index (χ1v) is 3.76. The van der Waals surface area contributed by atoms with E-state index in [1.54, 1.807) is 11.9 Å². The Kier molecular flexibility index (Phi) is 2.84. The molecule has 4 nitrogen and oxygen atoms in total. The number of nitrogens with two attached hydrogens (primary N) is 1. The average molecular weight is 158 g/mol. The number of rotatable bonds is 1. The lowest BCUT2D eigenvalue weighted by atomic mass is 10.1. The third-order valence-electron chi connectivity index (χ3n) is 1.87. The molecule has 0 aromatic carbocycles. The maximum absolute atomic E-state index is 11.0. The van der Waals surface area contributed by atoms with Crippen LogP contribution in [0.15, 0.2) is 0 Å².